The summed E-state index contributed by atoms with van der Waals surface area (Å²) >= 11 is 0. The number of benzene rings is 2. The van der Waals surface area contributed by atoms with E-state index in [1.54, 1.807) is 18.3 Å². The maximum atomic E-state index is 8.78. The summed E-state index contributed by atoms with van der Waals surface area (Å²) in [5.41, 5.74) is 3.77. The monoisotopic (exact) mass is 312 g/mol. The first kappa shape index (κ1) is 15.5. The molecule has 0 N–H and O–H groups in total. The molecule has 0 spiro atoms. The van der Waals surface area contributed by atoms with Crippen molar-refractivity contribution in [3.8, 4) is 11.8 Å². The van der Waals surface area contributed by atoms with Crippen molar-refractivity contribution in [2.24, 2.45) is 0 Å². The molecule has 2 aromatic carbocycles. The van der Waals surface area contributed by atoms with Crippen LogP contribution in [0.3, 0.4) is 0 Å². The number of pyridine rings is 1. The van der Waals surface area contributed by atoms with Gasteiger partial charge in [-0.25, -0.2) is 0 Å². The molecule has 0 unspecified atom stereocenters. The molecule has 0 aliphatic heterocycles. The maximum Gasteiger partial charge on any atom is 0.119 e. The van der Waals surface area contributed by atoms with Gasteiger partial charge in [-0.15, -0.1) is 0 Å². The third kappa shape index (κ3) is 4.31. The van der Waals surface area contributed by atoms with Gasteiger partial charge in [0.15, 0.2) is 0 Å². The molecule has 3 rings (SSSR count). The Morgan fingerprint density at radius 3 is 2.38 bits per heavy atom. The van der Waals surface area contributed by atoms with Crippen molar-refractivity contribution in [1.29, 1.82) is 5.26 Å². The van der Waals surface area contributed by atoms with Crippen molar-refractivity contribution < 1.29 is 4.74 Å². The summed E-state index contributed by atoms with van der Waals surface area (Å²) in [5.74, 6) is 0.758. The molecule has 3 nitrogen and oxygen atoms in total. The minimum absolute atomic E-state index is 0.496. The normalized spacial score (nSPS) is 10.5. The maximum absolute atomic E-state index is 8.78. The second kappa shape index (κ2) is 7.75. The van der Waals surface area contributed by atoms with Gasteiger partial charge in [0.25, 0.3) is 0 Å². The molecule has 0 radical (unpaired) electrons. The number of rotatable bonds is 5. The van der Waals surface area contributed by atoms with E-state index >= 15 is 0 Å². The van der Waals surface area contributed by atoms with Crippen LogP contribution in [0.1, 0.15) is 22.4 Å². The summed E-state index contributed by atoms with van der Waals surface area (Å²) in [6.45, 7) is 0.496. The van der Waals surface area contributed by atoms with Gasteiger partial charge in [-0.05, 0) is 53.6 Å². The van der Waals surface area contributed by atoms with Crippen molar-refractivity contribution in [3.63, 3.8) is 0 Å². The largest absolute Gasteiger partial charge is 0.489 e. The van der Waals surface area contributed by atoms with Crippen LogP contribution in [-0.4, -0.2) is 4.98 Å². The Morgan fingerprint density at radius 1 is 0.917 bits per heavy atom. The van der Waals surface area contributed by atoms with Gasteiger partial charge >= 0.3 is 0 Å². The molecule has 0 amide bonds. The van der Waals surface area contributed by atoms with E-state index < -0.39 is 0 Å². The summed E-state index contributed by atoms with van der Waals surface area (Å²) in [7, 11) is 0. The average molecular weight is 312 g/mol. The van der Waals surface area contributed by atoms with Crippen molar-refractivity contribution >= 4 is 12.2 Å². The molecular weight excluding hydrogens is 296 g/mol. The summed E-state index contributed by atoms with van der Waals surface area (Å²) in [6, 6.07) is 23.2. The molecule has 1 heterocycles. The van der Waals surface area contributed by atoms with Crippen LogP contribution in [0.4, 0.5) is 0 Å². The minimum atomic E-state index is 0.496. The second-order valence-corrected chi connectivity index (χ2v) is 5.25. The molecule has 0 bridgehead atoms. The molecule has 0 saturated carbocycles. The van der Waals surface area contributed by atoms with E-state index in [9.17, 15) is 0 Å². The van der Waals surface area contributed by atoms with Crippen LogP contribution in [0.2, 0.25) is 0 Å². The van der Waals surface area contributed by atoms with Crippen LogP contribution in [0.15, 0.2) is 72.9 Å². The zero-order valence-corrected chi connectivity index (χ0v) is 13.1. The molecule has 116 valence electrons. The minimum Gasteiger partial charge on any atom is -0.489 e. The van der Waals surface area contributed by atoms with Gasteiger partial charge in [0.05, 0.1) is 17.3 Å². The van der Waals surface area contributed by atoms with Crippen molar-refractivity contribution in [2.75, 3.05) is 0 Å². The van der Waals surface area contributed by atoms with Crippen LogP contribution in [0.25, 0.3) is 12.2 Å². The van der Waals surface area contributed by atoms with E-state index in [-0.39, 0.29) is 0 Å². The summed E-state index contributed by atoms with van der Waals surface area (Å²) < 4.78 is 5.72. The zero-order chi connectivity index (χ0) is 16.6. The van der Waals surface area contributed by atoms with Crippen LogP contribution in [0.5, 0.6) is 5.75 Å². The van der Waals surface area contributed by atoms with Gasteiger partial charge in [0.2, 0.25) is 0 Å². The fourth-order valence-electron chi connectivity index (χ4n) is 2.17. The molecule has 0 atom stereocenters. The van der Waals surface area contributed by atoms with E-state index in [2.05, 4.69) is 23.2 Å². The lowest BCUT2D eigenvalue weighted by atomic mass is 10.1. The number of aromatic nitrogens is 1. The Morgan fingerprint density at radius 2 is 1.71 bits per heavy atom. The second-order valence-electron chi connectivity index (χ2n) is 5.25. The highest BCUT2D eigenvalue weighted by molar-refractivity contribution is 5.67. The van der Waals surface area contributed by atoms with Crippen LogP contribution in [-0.2, 0) is 6.61 Å². The van der Waals surface area contributed by atoms with Crippen LogP contribution < -0.4 is 4.74 Å². The predicted octanol–water partition coefficient (Wildman–Crippen LogP) is 4.70. The fourth-order valence-corrected chi connectivity index (χ4v) is 2.17. The van der Waals surface area contributed by atoms with E-state index in [4.69, 9.17) is 10.00 Å². The quantitative estimate of drug-likeness (QED) is 0.686. The Bertz CT molecular complexity index is 845. The molecule has 0 saturated heterocycles. The number of hydrogen-bond donors (Lipinski definition) is 0. The summed E-state index contributed by atoms with van der Waals surface area (Å²) in [4.78, 5) is 4.26. The van der Waals surface area contributed by atoms with Gasteiger partial charge in [0, 0.05) is 6.20 Å². The number of ether oxygens (including phenoxy) is 1. The zero-order valence-electron chi connectivity index (χ0n) is 13.1. The van der Waals surface area contributed by atoms with Gasteiger partial charge in [-0.2, -0.15) is 5.26 Å². The Balaban J connectivity index is 1.58. The van der Waals surface area contributed by atoms with Gasteiger partial charge in [-0.1, -0.05) is 36.4 Å². The predicted molar refractivity (Wildman–Crippen MR) is 95.1 cm³/mol. The van der Waals surface area contributed by atoms with Crippen molar-refractivity contribution in [3.05, 3.63) is 95.3 Å². The van der Waals surface area contributed by atoms with E-state index in [1.807, 2.05) is 54.6 Å². The lowest BCUT2D eigenvalue weighted by molar-refractivity contribution is 0.306. The molecule has 3 aromatic rings. The van der Waals surface area contributed by atoms with E-state index in [1.165, 1.54) is 0 Å². The lowest BCUT2D eigenvalue weighted by Crippen LogP contribution is -1.95. The molecule has 24 heavy (non-hydrogen) atoms. The van der Waals surface area contributed by atoms with E-state index in [0.29, 0.717) is 12.2 Å². The van der Waals surface area contributed by atoms with Gasteiger partial charge in [-0.3, -0.25) is 4.98 Å². The van der Waals surface area contributed by atoms with Crippen molar-refractivity contribution in [2.45, 2.75) is 6.61 Å². The molecule has 0 fully saturated rings. The number of nitrogens with zero attached hydrogens (tertiary/aromatic N) is 2. The Labute approximate surface area is 141 Å². The highest BCUT2D eigenvalue weighted by Crippen LogP contribution is 2.15. The molecular formula is C21H16N2O. The molecule has 0 aliphatic rings. The third-order valence-corrected chi connectivity index (χ3v) is 3.50. The highest BCUT2D eigenvalue weighted by atomic mass is 16.5. The molecule has 1 aromatic heterocycles. The number of nitriles is 1. The van der Waals surface area contributed by atoms with E-state index in [0.717, 1.165) is 22.6 Å². The Hall–Kier alpha value is -3.38. The number of hydrogen-bond acceptors (Lipinski definition) is 3. The first-order valence-electron chi connectivity index (χ1n) is 7.64. The fraction of sp³-hybridized carbons (Fsp3) is 0.0476. The van der Waals surface area contributed by atoms with Crippen LogP contribution >= 0.6 is 0 Å². The standard InChI is InChI=1S/C21H16N2O/c22-15-18-9-12-21(13-10-18)24-16-19-6-4-17(5-7-19)8-11-20-3-1-2-14-23-20/h1-14H,16H2. The highest BCUT2D eigenvalue weighted by Gasteiger charge is 1.97. The van der Waals surface area contributed by atoms with Crippen LogP contribution in [0, 0.1) is 11.3 Å². The smallest absolute Gasteiger partial charge is 0.119 e. The average Bonchev–Trinajstić information content (AvgIpc) is 2.67. The molecule has 0 aliphatic carbocycles. The van der Waals surface area contributed by atoms with Gasteiger partial charge in [0.1, 0.15) is 12.4 Å². The lowest BCUT2D eigenvalue weighted by Gasteiger charge is -2.06. The summed E-state index contributed by atoms with van der Waals surface area (Å²) in [5, 5.41) is 8.78. The first-order chi connectivity index (χ1) is 11.8. The first-order valence-corrected chi connectivity index (χ1v) is 7.64. The van der Waals surface area contributed by atoms with Crippen molar-refractivity contribution in [1.82, 2.24) is 4.98 Å². The Kier molecular flexibility index (Phi) is 5.01. The SMILES string of the molecule is N#Cc1ccc(OCc2ccc(C=Cc3ccccn3)cc2)cc1. The topological polar surface area (TPSA) is 45.9 Å². The third-order valence-electron chi connectivity index (χ3n) is 3.50. The van der Waals surface area contributed by atoms with Gasteiger partial charge < -0.3 is 4.74 Å². The molecule has 3 heteroatoms. The summed E-state index contributed by atoms with van der Waals surface area (Å²) in [6.07, 6.45) is 5.80.